The Kier molecular flexibility index (Phi) is 3.32. The SMILES string of the molecule is COc1ccc([C@@H](Cl)C(C)=O)cc1. The van der Waals surface area contributed by atoms with Gasteiger partial charge in [-0.15, -0.1) is 11.6 Å². The number of ether oxygens (including phenoxy) is 1. The van der Waals surface area contributed by atoms with Crippen molar-refractivity contribution in [2.45, 2.75) is 12.3 Å². The van der Waals surface area contributed by atoms with E-state index in [2.05, 4.69) is 0 Å². The summed E-state index contributed by atoms with van der Waals surface area (Å²) >= 11 is 5.85. The van der Waals surface area contributed by atoms with Crippen LogP contribution < -0.4 is 4.74 Å². The Bertz CT molecular complexity index is 292. The first-order valence-corrected chi connectivity index (χ1v) is 4.37. The maximum Gasteiger partial charge on any atom is 0.152 e. The molecule has 1 atom stereocenters. The second kappa shape index (κ2) is 4.28. The molecule has 0 N–H and O–H groups in total. The molecule has 0 saturated heterocycles. The molecular formula is C10H11ClO2. The normalized spacial score (nSPS) is 12.2. The Morgan fingerprint density at radius 3 is 2.31 bits per heavy atom. The highest BCUT2D eigenvalue weighted by Crippen LogP contribution is 2.23. The molecule has 3 heteroatoms. The van der Waals surface area contributed by atoms with Gasteiger partial charge in [-0.2, -0.15) is 0 Å². The van der Waals surface area contributed by atoms with E-state index in [0.29, 0.717) is 0 Å². The molecule has 0 spiro atoms. The van der Waals surface area contributed by atoms with Crippen molar-refractivity contribution in [3.63, 3.8) is 0 Å². The minimum Gasteiger partial charge on any atom is -0.497 e. The average molecular weight is 199 g/mol. The second-order valence-electron chi connectivity index (χ2n) is 2.75. The quantitative estimate of drug-likeness (QED) is 0.698. The lowest BCUT2D eigenvalue weighted by Gasteiger charge is -2.06. The Morgan fingerprint density at radius 1 is 1.38 bits per heavy atom. The molecule has 0 aliphatic carbocycles. The molecule has 1 aromatic carbocycles. The minimum absolute atomic E-state index is 0.0492. The molecule has 0 saturated carbocycles. The van der Waals surface area contributed by atoms with Gasteiger partial charge in [0, 0.05) is 0 Å². The largest absolute Gasteiger partial charge is 0.497 e. The number of Topliss-reactive ketones (excluding diaryl/α,β-unsaturated/α-hetero) is 1. The van der Waals surface area contributed by atoms with Crippen LogP contribution in [0.25, 0.3) is 0 Å². The fraction of sp³-hybridized carbons (Fsp3) is 0.300. The molecule has 0 bridgehead atoms. The van der Waals surface area contributed by atoms with Gasteiger partial charge in [-0.25, -0.2) is 0 Å². The first kappa shape index (κ1) is 10.1. The molecule has 2 nitrogen and oxygen atoms in total. The van der Waals surface area contributed by atoms with Crippen LogP contribution >= 0.6 is 11.6 Å². The fourth-order valence-corrected chi connectivity index (χ4v) is 1.15. The summed E-state index contributed by atoms with van der Waals surface area (Å²) < 4.78 is 4.98. The average Bonchev–Trinajstić information content (AvgIpc) is 2.17. The fourth-order valence-electron chi connectivity index (χ4n) is 1.01. The van der Waals surface area contributed by atoms with E-state index in [9.17, 15) is 4.79 Å². The molecule has 0 amide bonds. The Balaban J connectivity index is 2.85. The topological polar surface area (TPSA) is 26.3 Å². The van der Waals surface area contributed by atoms with Crippen molar-refractivity contribution in [2.75, 3.05) is 7.11 Å². The van der Waals surface area contributed by atoms with Gasteiger partial charge < -0.3 is 4.74 Å². The zero-order chi connectivity index (χ0) is 9.84. The molecule has 0 radical (unpaired) electrons. The third-order valence-electron chi connectivity index (χ3n) is 1.77. The van der Waals surface area contributed by atoms with Gasteiger partial charge in [0.15, 0.2) is 5.78 Å². The number of hydrogen-bond acceptors (Lipinski definition) is 2. The third kappa shape index (κ3) is 2.46. The van der Waals surface area contributed by atoms with Gasteiger partial charge in [-0.3, -0.25) is 4.79 Å². The first-order valence-electron chi connectivity index (χ1n) is 3.93. The lowest BCUT2D eigenvalue weighted by molar-refractivity contribution is -0.116. The number of methoxy groups -OCH3 is 1. The van der Waals surface area contributed by atoms with E-state index >= 15 is 0 Å². The Morgan fingerprint density at radius 2 is 1.92 bits per heavy atom. The van der Waals surface area contributed by atoms with E-state index in [4.69, 9.17) is 16.3 Å². The maximum absolute atomic E-state index is 10.9. The lowest BCUT2D eigenvalue weighted by atomic mass is 10.1. The number of benzene rings is 1. The zero-order valence-corrected chi connectivity index (χ0v) is 8.34. The number of hydrogen-bond donors (Lipinski definition) is 0. The number of alkyl halides is 1. The number of carbonyl (C=O) groups is 1. The van der Waals surface area contributed by atoms with Crippen molar-refractivity contribution in [3.05, 3.63) is 29.8 Å². The zero-order valence-electron chi connectivity index (χ0n) is 7.58. The van der Waals surface area contributed by atoms with Gasteiger partial charge in [0.2, 0.25) is 0 Å². The molecule has 1 aromatic rings. The van der Waals surface area contributed by atoms with Crippen molar-refractivity contribution >= 4 is 17.4 Å². The van der Waals surface area contributed by atoms with E-state index in [0.717, 1.165) is 11.3 Å². The summed E-state index contributed by atoms with van der Waals surface area (Å²) in [5.74, 6) is 0.711. The number of ketones is 1. The number of carbonyl (C=O) groups excluding carboxylic acids is 1. The summed E-state index contributed by atoms with van der Waals surface area (Å²) in [6.45, 7) is 1.47. The molecular weight excluding hydrogens is 188 g/mol. The van der Waals surface area contributed by atoms with E-state index in [1.807, 2.05) is 0 Å². The van der Waals surface area contributed by atoms with E-state index in [1.165, 1.54) is 6.92 Å². The summed E-state index contributed by atoms with van der Waals surface area (Å²) in [7, 11) is 1.60. The van der Waals surface area contributed by atoms with Crippen LogP contribution in [0.3, 0.4) is 0 Å². The van der Waals surface area contributed by atoms with Crippen LogP contribution in [0.15, 0.2) is 24.3 Å². The van der Waals surface area contributed by atoms with Crippen LogP contribution in [0.4, 0.5) is 0 Å². The Hall–Kier alpha value is -1.02. The standard InChI is InChI=1S/C10H11ClO2/c1-7(12)10(11)8-3-5-9(13-2)6-4-8/h3-6,10H,1-2H3/t10-/m0/s1. The van der Waals surface area contributed by atoms with E-state index in [1.54, 1.807) is 31.4 Å². The lowest BCUT2D eigenvalue weighted by Crippen LogP contribution is -2.00. The summed E-state index contributed by atoms with van der Waals surface area (Å²) in [6.07, 6.45) is 0. The van der Waals surface area contributed by atoms with Gasteiger partial charge in [0.05, 0.1) is 7.11 Å². The van der Waals surface area contributed by atoms with Gasteiger partial charge in [0.1, 0.15) is 11.1 Å². The van der Waals surface area contributed by atoms with Gasteiger partial charge in [-0.05, 0) is 24.6 Å². The third-order valence-corrected chi connectivity index (χ3v) is 2.32. The molecule has 70 valence electrons. The van der Waals surface area contributed by atoms with Crippen molar-refractivity contribution in [2.24, 2.45) is 0 Å². The second-order valence-corrected chi connectivity index (χ2v) is 3.18. The molecule has 0 heterocycles. The van der Waals surface area contributed by atoms with Gasteiger partial charge in [-0.1, -0.05) is 12.1 Å². The molecule has 0 fully saturated rings. The maximum atomic E-state index is 10.9. The van der Waals surface area contributed by atoms with Crippen LogP contribution in [0, 0.1) is 0 Å². The number of halogens is 1. The molecule has 0 aliphatic heterocycles. The highest BCUT2D eigenvalue weighted by Gasteiger charge is 2.12. The molecule has 0 unspecified atom stereocenters. The van der Waals surface area contributed by atoms with Gasteiger partial charge >= 0.3 is 0 Å². The summed E-state index contributed by atoms with van der Waals surface area (Å²) in [5.41, 5.74) is 0.801. The number of rotatable bonds is 3. The molecule has 0 aliphatic rings. The molecule has 1 rings (SSSR count). The van der Waals surface area contributed by atoms with Crippen LogP contribution in [0.5, 0.6) is 5.75 Å². The predicted octanol–water partition coefficient (Wildman–Crippen LogP) is 2.56. The van der Waals surface area contributed by atoms with Crippen molar-refractivity contribution in [1.29, 1.82) is 0 Å². The predicted molar refractivity (Wildman–Crippen MR) is 52.3 cm³/mol. The molecule has 0 aromatic heterocycles. The van der Waals surface area contributed by atoms with E-state index < -0.39 is 5.38 Å². The summed E-state index contributed by atoms with van der Waals surface area (Å²) in [4.78, 5) is 10.9. The van der Waals surface area contributed by atoms with Crippen molar-refractivity contribution in [3.8, 4) is 5.75 Å². The monoisotopic (exact) mass is 198 g/mol. The van der Waals surface area contributed by atoms with Crippen LogP contribution in [-0.2, 0) is 4.79 Å². The highest BCUT2D eigenvalue weighted by atomic mass is 35.5. The van der Waals surface area contributed by atoms with Crippen molar-refractivity contribution in [1.82, 2.24) is 0 Å². The molecule has 13 heavy (non-hydrogen) atoms. The van der Waals surface area contributed by atoms with Gasteiger partial charge in [0.25, 0.3) is 0 Å². The minimum atomic E-state index is -0.550. The van der Waals surface area contributed by atoms with Crippen molar-refractivity contribution < 1.29 is 9.53 Å². The Labute approximate surface area is 82.5 Å². The smallest absolute Gasteiger partial charge is 0.152 e. The van der Waals surface area contributed by atoms with Crippen LogP contribution in [0.1, 0.15) is 17.9 Å². The highest BCUT2D eigenvalue weighted by molar-refractivity contribution is 6.30. The van der Waals surface area contributed by atoms with E-state index in [-0.39, 0.29) is 5.78 Å². The summed E-state index contributed by atoms with van der Waals surface area (Å²) in [5, 5.41) is -0.550. The summed E-state index contributed by atoms with van der Waals surface area (Å²) in [6, 6.07) is 7.15. The van der Waals surface area contributed by atoms with Crippen LogP contribution in [0.2, 0.25) is 0 Å². The van der Waals surface area contributed by atoms with Crippen LogP contribution in [-0.4, -0.2) is 12.9 Å². The first-order chi connectivity index (χ1) is 6.15.